The van der Waals surface area contributed by atoms with Gasteiger partial charge in [-0.05, 0) is 11.1 Å². The van der Waals surface area contributed by atoms with Gasteiger partial charge in [-0.15, -0.1) is 0 Å². The number of rotatable bonds is 4. The molecule has 0 radical (unpaired) electrons. The minimum Gasteiger partial charge on any atom is -0.467 e. The maximum Gasteiger partial charge on any atom is 0.338 e. The maximum atomic E-state index is 11.7. The highest BCUT2D eigenvalue weighted by Crippen LogP contribution is 2.33. The third-order valence-electron chi connectivity index (χ3n) is 3.25. The van der Waals surface area contributed by atoms with E-state index in [4.69, 9.17) is 0 Å². The molecular formula is C16H16O4. The predicted molar refractivity (Wildman–Crippen MR) is 73.9 cm³/mol. The van der Waals surface area contributed by atoms with Crippen molar-refractivity contribution in [2.45, 2.75) is 11.7 Å². The molecule has 0 saturated carbocycles. The Morgan fingerprint density at radius 2 is 1.40 bits per heavy atom. The second-order valence-electron chi connectivity index (χ2n) is 4.42. The van der Waals surface area contributed by atoms with Crippen molar-refractivity contribution >= 4 is 5.97 Å². The molecule has 2 aromatic rings. The van der Waals surface area contributed by atoms with Crippen LogP contribution in [-0.4, -0.2) is 29.4 Å². The summed E-state index contributed by atoms with van der Waals surface area (Å²) in [6.07, 6.45) is -1.71. The van der Waals surface area contributed by atoms with Crippen molar-refractivity contribution in [1.29, 1.82) is 0 Å². The van der Waals surface area contributed by atoms with Gasteiger partial charge >= 0.3 is 5.97 Å². The molecule has 0 aliphatic rings. The van der Waals surface area contributed by atoms with Gasteiger partial charge in [0.25, 0.3) is 0 Å². The number of benzene rings is 2. The average Bonchev–Trinajstić information content (AvgIpc) is 2.54. The first-order chi connectivity index (χ1) is 9.60. The summed E-state index contributed by atoms with van der Waals surface area (Å²) in [5, 5.41) is 21.2. The zero-order valence-electron chi connectivity index (χ0n) is 11.1. The lowest BCUT2D eigenvalue weighted by Gasteiger charge is -2.32. The number of carbonyl (C=O) groups excluding carboxylic acids is 1. The summed E-state index contributed by atoms with van der Waals surface area (Å²) in [5.41, 5.74) is -1.01. The number of hydrogen-bond acceptors (Lipinski definition) is 4. The molecule has 1 atom stereocenters. The van der Waals surface area contributed by atoms with Crippen molar-refractivity contribution in [2.24, 2.45) is 0 Å². The van der Waals surface area contributed by atoms with Crippen LogP contribution in [0.25, 0.3) is 0 Å². The Labute approximate surface area is 117 Å². The normalized spacial score (nSPS) is 12.8. The van der Waals surface area contributed by atoms with E-state index in [1.54, 1.807) is 60.7 Å². The van der Waals surface area contributed by atoms with Crippen LogP contribution < -0.4 is 0 Å². The highest BCUT2D eigenvalue weighted by molar-refractivity contribution is 5.77. The van der Waals surface area contributed by atoms with Crippen LogP contribution in [0.5, 0.6) is 0 Å². The summed E-state index contributed by atoms with van der Waals surface area (Å²) in [7, 11) is 1.17. The highest BCUT2D eigenvalue weighted by atomic mass is 16.5. The molecule has 0 saturated heterocycles. The first kappa shape index (κ1) is 14.2. The van der Waals surface area contributed by atoms with E-state index in [1.807, 2.05) is 0 Å². The van der Waals surface area contributed by atoms with E-state index < -0.39 is 17.7 Å². The SMILES string of the molecule is COC(=O)C(O)C(O)(c1ccccc1)c1ccccc1. The quantitative estimate of drug-likeness (QED) is 0.827. The van der Waals surface area contributed by atoms with Gasteiger partial charge in [-0.3, -0.25) is 0 Å². The van der Waals surface area contributed by atoms with Gasteiger partial charge in [0.2, 0.25) is 0 Å². The number of esters is 1. The molecule has 0 spiro atoms. The fraction of sp³-hybridized carbons (Fsp3) is 0.188. The Kier molecular flexibility index (Phi) is 4.17. The van der Waals surface area contributed by atoms with Crippen LogP contribution in [0.15, 0.2) is 60.7 Å². The van der Waals surface area contributed by atoms with Crippen molar-refractivity contribution in [2.75, 3.05) is 7.11 Å². The Balaban J connectivity index is 2.58. The lowest BCUT2D eigenvalue weighted by Crippen LogP contribution is -2.46. The number of ether oxygens (including phenoxy) is 1. The van der Waals surface area contributed by atoms with E-state index in [0.29, 0.717) is 11.1 Å². The molecule has 0 aliphatic heterocycles. The van der Waals surface area contributed by atoms with E-state index in [2.05, 4.69) is 4.74 Å². The topological polar surface area (TPSA) is 66.8 Å². The van der Waals surface area contributed by atoms with Gasteiger partial charge in [0.05, 0.1) is 7.11 Å². The van der Waals surface area contributed by atoms with Crippen molar-refractivity contribution in [1.82, 2.24) is 0 Å². The van der Waals surface area contributed by atoms with Gasteiger partial charge in [0, 0.05) is 0 Å². The zero-order chi connectivity index (χ0) is 14.6. The lowest BCUT2D eigenvalue weighted by molar-refractivity contribution is -0.163. The molecular weight excluding hydrogens is 256 g/mol. The van der Waals surface area contributed by atoms with E-state index >= 15 is 0 Å². The summed E-state index contributed by atoms with van der Waals surface area (Å²) in [4.78, 5) is 11.7. The minimum atomic E-state index is -1.85. The molecule has 2 aromatic carbocycles. The Morgan fingerprint density at radius 1 is 1.00 bits per heavy atom. The van der Waals surface area contributed by atoms with E-state index in [9.17, 15) is 15.0 Å². The standard InChI is InChI=1S/C16H16O4/c1-20-15(18)14(17)16(19,12-8-4-2-5-9-12)13-10-6-3-7-11-13/h2-11,14,17,19H,1H3. The second-order valence-corrected chi connectivity index (χ2v) is 4.42. The van der Waals surface area contributed by atoms with Gasteiger partial charge in [0.15, 0.2) is 11.7 Å². The molecule has 0 fully saturated rings. The molecule has 2 N–H and O–H groups in total. The van der Waals surface area contributed by atoms with Gasteiger partial charge in [-0.2, -0.15) is 0 Å². The number of aliphatic hydroxyl groups is 2. The maximum absolute atomic E-state index is 11.7. The van der Waals surface area contributed by atoms with Crippen LogP contribution in [0.1, 0.15) is 11.1 Å². The van der Waals surface area contributed by atoms with E-state index in [1.165, 1.54) is 7.11 Å². The minimum absolute atomic E-state index is 0.420. The van der Waals surface area contributed by atoms with Crippen LogP contribution in [0.4, 0.5) is 0 Å². The summed E-state index contributed by atoms with van der Waals surface area (Å²) < 4.78 is 4.55. The Bertz CT molecular complexity index is 526. The molecule has 0 aromatic heterocycles. The third-order valence-corrected chi connectivity index (χ3v) is 3.25. The summed E-state index contributed by atoms with van der Waals surface area (Å²) in [5.74, 6) is -0.889. The summed E-state index contributed by atoms with van der Waals surface area (Å²) in [6, 6.07) is 17.1. The fourth-order valence-electron chi connectivity index (χ4n) is 2.15. The van der Waals surface area contributed by atoms with Crippen molar-refractivity contribution < 1.29 is 19.7 Å². The second kappa shape index (κ2) is 5.86. The molecule has 0 amide bonds. The van der Waals surface area contributed by atoms with E-state index in [-0.39, 0.29) is 0 Å². The zero-order valence-corrected chi connectivity index (χ0v) is 11.1. The Morgan fingerprint density at radius 3 is 1.75 bits per heavy atom. The lowest BCUT2D eigenvalue weighted by atomic mass is 9.81. The third kappa shape index (κ3) is 2.43. The largest absolute Gasteiger partial charge is 0.467 e. The van der Waals surface area contributed by atoms with E-state index in [0.717, 1.165) is 0 Å². The number of hydrogen-bond donors (Lipinski definition) is 2. The average molecular weight is 272 g/mol. The smallest absolute Gasteiger partial charge is 0.338 e. The number of aliphatic hydroxyl groups excluding tert-OH is 1. The van der Waals surface area contributed by atoms with Gasteiger partial charge in [0.1, 0.15) is 0 Å². The predicted octanol–water partition coefficient (Wildman–Crippen LogP) is 1.46. The number of carbonyl (C=O) groups is 1. The molecule has 2 rings (SSSR count). The number of methoxy groups -OCH3 is 1. The molecule has 4 heteroatoms. The molecule has 104 valence electrons. The molecule has 0 bridgehead atoms. The molecule has 1 unspecified atom stereocenters. The highest BCUT2D eigenvalue weighted by Gasteiger charge is 2.44. The molecule has 0 heterocycles. The Hall–Kier alpha value is -2.17. The van der Waals surface area contributed by atoms with Gasteiger partial charge in [-0.1, -0.05) is 60.7 Å². The van der Waals surface area contributed by atoms with Crippen molar-refractivity contribution in [3.05, 3.63) is 71.8 Å². The molecule has 0 aliphatic carbocycles. The fourth-order valence-corrected chi connectivity index (χ4v) is 2.15. The van der Waals surface area contributed by atoms with Crippen molar-refractivity contribution in [3.63, 3.8) is 0 Å². The van der Waals surface area contributed by atoms with Crippen LogP contribution in [0, 0.1) is 0 Å². The van der Waals surface area contributed by atoms with Gasteiger partial charge < -0.3 is 14.9 Å². The van der Waals surface area contributed by atoms with Crippen LogP contribution in [0.2, 0.25) is 0 Å². The summed E-state index contributed by atoms with van der Waals surface area (Å²) >= 11 is 0. The monoisotopic (exact) mass is 272 g/mol. The van der Waals surface area contributed by atoms with Crippen LogP contribution in [-0.2, 0) is 15.1 Å². The summed E-state index contributed by atoms with van der Waals surface area (Å²) in [6.45, 7) is 0. The van der Waals surface area contributed by atoms with Crippen LogP contribution >= 0.6 is 0 Å². The van der Waals surface area contributed by atoms with Gasteiger partial charge in [-0.25, -0.2) is 4.79 Å². The molecule has 4 nitrogen and oxygen atoms in total. The van der Waals surface area contributed by atoms with Crippen LogP contribution in [0.3, 0.4) is 0 Å². The van der Waals surface area contributed by atoms with Crippen molar-refractivity contribution in [3.8, 4) is 0 Å². The first-order valence-corrected chi connectivity index (χ1v) is 6.20. The molecule has 20 heavy (non-hydrogen) atoms. The first-order valence-electron chi connectivity index (χ1n) is 6.20.